The van der Waals surface area contributed by atoms with Crippen LogP contribution in [0, 0.1) is 5.82 Å². The summed E-state index contributed by atoms with van der Waals surface area (Å²) in [5, 5.41) is 11.7. The minimum absolute atomic E-state index is 0.0932. The van der Waals surface area contributed by atoms with Gasteiger partial charge in [0.1, 0.15) is 30.5 Å². The second-order valence-corrected chi connectivity index (χ2v) is 10.1. The molecule has 1 fully saturated rings. The Morgan fingerprint density at radius 2 is 1.85 bits per heavy atom. The van der Waals surface area contributed by atoms with Gasteiger partial charge in [0.25, 0.3) is 5.78 Å². The highest BCUT2D eigenvalue weighted by Crippen LogP contribution is 2.45. The lowest BCUT2D eigenvalue weighted by atomic mass is 9.95. The second kappa shape index (κ2) is 10.0. The molecule has 0 spiro atoms. The zero-order chi connectivity index (χ0) is 27.1. The second-order valence-electron chi connectivity index (χ2n) is 9.05. The number of aromatic nitrogens is 1. The normalized spacial score (nSPS) is 18.1. The number of anilines is 1. The van der Waals surface area contributed by atoms with Crippen LogP contribution >= 0.6 is 11.3 Å². The minimum Gasteiger partial charge on any atom is -0.507 e. The summed E-state index contributed by atoms with van der Waals surface area (Å²) in [5.74, 6) is -0.885. The summed E-state index contributed by atoms with van der Waals surface area (Å²) < 4.78 is 31.3. The Hall–Kier alpha value is -4.44. The summed E-state index contributed by atoms with van der Waals surface area (Å²) >= 11 is 1.09. The fraction of sp³-hybridized carbons (Fsp3) is 0.207. The molecule has 0 aliphatic carbocycles. The lowest BCUT2D eigenvalue weighted by Crippen LogP contribution is -2.29. The maximum atomic E-state index is 13.9. The predicted octanol–water partition coefficient (Wildman–Crippen LogP) is 5.62. The number of halogens is 1. The van der Waals surface area contributed by atoms with Crippen molar-refractivity contribution in [1.82, 2.24) is 4.98 Å². The van der Waals surface area contributed by atoms with Crippen molar-refractivity contribution in [1.29, 1.82) is 0 Å². The van der Waals surface area contributed by atoms with Crippen LogP contribution in [0.15, 0.2) is 66.2 Å². The van der Waals surface area contributed by atoms with Crippen LogP contribution in [0.5, 0.6) is 17.2 Å². The van der Waals surface area contributed by atoms with E-state index in [2.05, 4.69) is 4.98 Å². The number of benzene rings is 3. The predicted molar refractivity (Wildman–Crippen MR) is 144 cm³/mol. The summed E-state index contributed by atoms with van der Waals surface area (Å²) in [6.07, 6.45) is 0.843. The molecule has 3 aromatic carbocycles. The number of Topliss-reactive ketones (excluding diaryl/α,β-unsaturated/α-hetero) is 1. The molecule has 8 nitrogen and oxygen atoms in total. The molecule has 2 aliphatic heterocycles. The van der Waals surface area contributed by atoms with Crippen molar-refractivity contribution in [2.75, 3.05) is 24.7 Å². The fourth-order valence-corrected chi connectivity index (χ4v) is 5.66. The molecule has 1 saturated heterocycles. The average Bonchev–Trinajstić information content (AvgIpc) is 3.48. The fourth-order valence-electron chi connectivity index (χ4n) is 4.65. The van der Waals surface area contributed by atoms with Gasteiger partial charge in [-0.1, -0.05) is 30.4 Å². The number of carbonyl (C=O) groups excluding carboxylic acids is 2. The molecule has 1 aromatic heterocycles. The van der Waals surface area contributed by atoms with E-state index in [4.69, 9.17) is 14.2 Å². The summed E-state index contributed by atoms with van der Waals surface area (Å²) in [4.78, 5) is 32.7. The highest BCUT2D eigenvalue weighted by molar-refractivity contribution is 7.22. The molecule has 2 aliphatic rings. The highest BCUT2D eigenvalue weighted by atomic mass is 32.1. The van der Waals surface area contributed by atoms with Crippen molar-refractivity contribution in [3.8, 4) is 17.2 Å². The number of carbonyl (C=O) groups is 2. The molecular formula is C29H23FN2O6S. The number of aliphatic hydroxyl groups is 1. The summed E-state index contributed by atoms with van der Waals surface area (Å²) in [5.41, 5.74) is 1.27. The van der Waals surface area contributed by atoms with Gasteiger partial charge < -0.3 is 19.3 Å². The molecular weight excluding hydrogens is 523 g/mol. The third-order valence-corrected chi connectivity index (χ3v) is 7.49. The molecule has 0 radical (unpaired) electrons. The van der Waals surface area contributed by atoms with Gasteiger partial charge in [-0.15, -0.1) is 0 Å². The van der Waals surface area contributed by atoms with E-state index in [-0.39, 0.29) is 16.5 Å². The molecule has 198 valence electrons. The first kappa shape index (κ1) is 24.9. The number of ketones is 1. The maximum Gasteiger partial charge on any atom is 0.301 e. The number of ether oxygens (including phenoxy) is 3. The Morgan fingerprint density at radius 3 is 2.62 bits per heavy atom. The molecule has 0 bridgehead atoms. The topological polar surface area (TPSA) is 98.2 Å². The Bertz CT molecular complexity index is 1630. The highest BCUT2D eigenvalue weighted by Gasteiger charge is 2.48. The number of thiazole rings is 1. The van der Waals surface area contributed by atoms with E-state index in [1.54, 1.807) is 42.5 Å². The van der Waals surface area contributed by atoms with Crippen molar-refractivity contribution in [2.45, 2.75) is 19.4 Å². The number of hydrogen-bond donors (Lipinski definition) is 1. The molecule has 1 amide bonds. The van der Waals surface area contributed by atoms with Crippen LogP contribution in [0.25, 0.3) is 16.0 Å². The number of rotatable bonds is 6. The third-order valence-electron chi connectivity index (χ3n) is 6.47. The van der Waals surface area contributed by atoms with Gasteiger partial charge in [-0.2, -0.15) is 0 Å². The van der Waals surface area contributed by atoms with Gasteiger partial charge in [0.05, 0.1) is 28.4 Å². The number of fused-ring (bicyclic) bond motifs is 2. The Labute approximate surface area is 226 Å². The Kier molecular flexibility index (Phi) is 6.40. The van der Waals surface area contributed by atoms with Gasteiger partial charge in [-0.05, 0) is 60.5 Å². The van der Waals surface area contributed by atoms with Crippen molar-refractivity contribution in [3.63, 3.8) is 0 Å². The first-order valence-electron chi connectivity index (χ1n) is 12.4. The quantitative estimate of drug-likeness (QED) is 0.190. The molecule has 10 heteroatoms. The Morgan fingerprint density at radius 1 is 1.08 bits per heavy atom. The van der Waals surface area contributed by atoms with Gasteiger partial charge >= 0.3 is 5.91 Å². The van der Waals surface area contributed by atoms with E-state index in [1.165, 1.54) is 23.1 Å². The van der Waals surface area contributed by atoms with Crippen LogP contribution in [-0.2, 0) is 9.59 Å². The van der Waals surface area contributed by atoms with Crippen LogP contribution in [0.2, 0.25) is 0 Å². The zero-order valence-electron chi connectivity index (χ0n) is 20.8. The first-order valence-corrected chi connectivity index (χ1v) is 13.3. The van der Waals surface area contributed by atoms with Gasteiger partial charge in [0, 0.05) is 5.56 Å². The van der Waals surface area contributed by atoms with Gasteiger partial charge in [0.2, 0.25) is 0 Å². The maximum absolute atomic E-state index is 13.9. The number of aliphatic hydroxyl groups excluding tert-OH is 1. The van der Waals surface area contributed by atoms with E-state index in [0.29, 0.717) is 58.4 Å². The summed E-state index contributed by atoms with van der Waals surface area (Å²) in [7, 11) is 0. The lowest BCUT2D eigenvalue weighted by molar-refractivity contribution is -0.132. The van der Waals surface area contributed by atoms with Crippen LogP contribution in [0.3, 0.4) is 0 Å². The molecule has 6 rings (SSSR count). The molecule has 3 heterocycles. The van der Waals surface area contributed by atoms with Gasteiger partial charge in [-0.3, -0.25) is 14.5 Å². The van der Waals surface area contributed by atoms with E-state index in [0.717, 1.165) is 17.8 Å². The number of hydrogen-bond acceptors (Lipinski definition) is 8. The van der Waals surface area contributed by atoms with Crippen molar-refractivity contribution in [2.24, 2.45) is 0 Å². The molecule has 4 aromatic rings. The van der Waals surface area contributed by atoms with E-state index in [9.17, 15) is 19.1 Å². The molecule has 39 heavy (non-hydrogen) atoms. The van der Waals surface area contributed by atoms with Crippen LogP contribution in [0.1, 0.15) is 30.5 Å². The summed E-state index contributed by atoms with van der Waals surface area (Å²) in [6, 6.07) is 15.0. The molecule has 1 N–H and O–H groups in total. The SMILES string of the molecule is CCCOc1ccc(C2/C(=C(\O)c3ccc4c(c3)OCCO4)C(=O)C(=O)N2c2nc3ccc(F)cc3s2)cc1. The van der Waals surface area contributed by atoms with Crippen molar-refractivity contribution >= 4 is 44.1 Å². The van der Waals surface area contributed by atoms with E-state index in [1.807, 2.05) is 6.92 Å². The average molecular weight is 547 g/mol. The Balaban J connectivity index is 1.50. The van der Waals surface area contributed by atoms with Crippen molar-refractivity contribution in [3.05, 3.63) is 83.2 Å². The number of nitrogens with zero attached hydrogens (tertiary/aromatic N) is 2. The van der Waals surface area contributed by atoms with Crippen LogP contribution < -0.4 is 19.1 Å². The molecule has 1 atom stereocenters. The first-order chi connectivity index (χ1) is 18.9. The largest absolute Gasteiger partial charge is 0.507 e. The standard InChI is InChI=1S/C29H23FN2O6S/c1-2-11-36-19-7-3-16(4-8-19)25-24(26(33)17-5-10-21-22(14-17)38-13-12-37-21)27(34)28(35)32(25)29-31-20-9-6-18(30)15-23(20)39-29/h3-10,14-15,25,33H,2,11-13H2,1H3/b26-24+. The van der Waals surface area contributed by atoms with Crippen molar-refractivity contribution < 1.29 is 33.3 Å². The summed E-state index contributed by atoms with van der Waals surface area (Å²) in [6.45, 7) is 3.31. The van der Waals surface area contributed by atoms with Gasteiger partial charge in [-0.25, -0.2) is 9.37 Å². The van der Waals surface area contributed by atoms with E-state index < -0.39 is 23.5 Å². The third kappa shape index (κ3) is 4.46. The van der Waals surface area contributed by atoms with Gasteiger partial charge in [0.15, 0.2) is 16.6 Å². The molecule has 1 unspecified atom stereocenters. The zero-order valence-corrected chi connectivity index (χ0v) is 21.7. The monoisotopic (exact) mass is 546 g/mol. The minimum atomic E-state index is -0.983. The van der Waals surface area contributed by atoms with Crippen LogP contribution in [0.4, 0.5) is 9.52 Å². The number of amides is 1. The lowest BCUT2D eigenvalue weighted by Gasteiger charge is -2.23. The van der Waals surface area contributed by atoms with Crippen LogP contribution in [-0.4, -0.2) is 41.6 Å². The smallest absolute Gasteiger partial charge is 0.301 e. The van der Waals surface area contributed by atoms with E-state index >= 15 is 0 Å². The molecule has 0 saturated carbocycles.